The van der Waals surface area contributed by atoms with Crippen molar-refractivity contribution in [2.75, 3.05) is 11.4 Å². The van der Waals surface area contributed by atoms with Gasteiger partial charge in [-0.3, -0.25) is 4.79 Å². The van der Waals surface area contributed by atoms with E-state index in [1.54, 1.807) is 29.2 Å². The Bertz CT molecular complexity index is 646. The van der Waals surface area contributed by atoms with Gasteiger partial charge in [0, 0.05) is 15.7 Å². The SMILES string of the molecule is CC(c1ccccc1Cl)N(CC(=O)O)c1cccc(Cl)c1. The van der Waals surface area contributed by atoms with Crippen LogP contribution in [-0.2, 0) is 4.79 Å². The Balaban J connectivity index is 2.40. The minimum absolute atomic E-state index is 0.132. The molecule has 0 bridgehead atoms. The molecular formula is C16H15Cl2NO2. The lowest BCUT2D eigenvalue weighted by atomic mass is 10.1. The summed E-state index contributed by atoms with van der Waals surface area (Å²) in [7, 11) is 0. The van der Waals surface area contributed by atoms with Crippen molar-refractivity contribution in [2.45, 2.75) is 13.0 Å². The van der Waals surface area contributed by atoms with Crippen molar-refractivity contribution in [3.05, 3.63) is 64.1 Å². The number of benzene rings is 2. The van der Waals surface area contributed by atoms with Gasteiger partial charge >= 0.3 is 5.97 Å². The lowest BCUT2D eigenvalue weighted by Crippen LogP contribution is -2.32. The molecule has 110 valence electrons. The van der Waals surface area contributed by atoms with E-state index in [2.05, 4.69) is 0 Å². The summed E-state index contributed by atoms with van der Waals surface area (Å²) in [5.74, 6) is -0.908. The third-order valence-corrected chi connectivity index (χ3v) is 3.85. The van der Waals surface area contributed by atoms with Crippen LogP contribution in [0.25, 0.3) is 0 Å². The average Bonchev–Trinajstić information content (AvgIpc) is 2.44. The van der Waals surface area contributed by atoms with E-state index >= 15 is 0 Å². The molecule has 3 nitrogen and oxygen atoms in total. The number of carboxylic acid groups (broad SMARTS) is 1. The van der Waals surface area contributed by atoms with Crippen molar-refractivity contribution in [3.63, 3.8) is 0 Å². The molecule has 0 amide bonds. The third-order valence-electron chi connectivity index (χ3n) is 3.27. The molecule has 0 spiro atoms. The van der Waals surface area contributed by atoms with Crippen molar-refractivity contribution in [3.8, 4) is 0 Å². The highest BCUT2D eigenvalue weighted by Crippen LogP contribution is 2.31. The van der Waals surface area contributed by atoms with Crippen LogP contribution in [0.5, 0.6) is 0 Å². The summed E-state index contributed by atoms with van der Waals surface area (Å²) < 4.78 is 0. The number of carboxylic acids is 1. The highest BCUT2D eigenvalue weighted by Gasteiger charge is 2.21. The first-order valence-corrected chi connectivity index (χ1v) is 7.23. The highest BCUT2D eigenvalue weighted by molar-refractivity contribution is 6.31. The molecule has 1 unspecified atom stereocenters. The molecule has 1 N–H and O–H groups in total. The van der Waals surface area contributed by atoms with Crippen molar-refractivity contribution in [2.24, 2.45) is 0 Å². The molecule has 0 aliphatic carbocycles. The van der Waals surface area contributed by atoms with Crippen LogP contribution in [0.3, 0.4) is 0 Å². The van der Waals surface area contributed by atoms with Crippen LogP contribution in [0, 0.1) is 0 Å². The number of halogens is 2. The summed E-state index contributed by atoms with van der Waals surface area (Å²) in [4.78, 5) is 12.9. The maximum atomic E-state index is 11.2. The van der Waals surface area contributed by atoms with Gasteiger partial charge in [0.15, 0.2) is 0 Å². The van der Waals surface area contributed by atoms with E-state index in [9.17, 15) is 9.90 Å². The molecule has 5 heteroatoms. The molecule has 2 aromatic rings. The van der Waals surface area contributed by atoms with E-state index < -0.39 is 5.97 Å². The summed E-state index contributed by atoms with van der Waals surface area (Å²) in [6.07, 6.45) is 0. The summed E-state index contributed by atoms with van der Waals surface area (Å²) in [6.45, 7) is 1.79. The van der Waals surface area contributed by atoms with Gasteiger partial charge in [-0.15, -0.1) is 0 Å². The zero-order chi connectivity index (χ0) is 15.4. The Morgan fingerprint density at radius 3 is 2.52 bits per heavy atom. The first kappa shape index (κ1) is 15.7. The fraction of sp³-hybridized carbons (Fsp3) is 0.188. The maximum absolute atomic E-state index is 11.2. The van der Waals surface area contributed by atoms with E-state index in [1.165, 1.54) is 0 Å². The quantitative estimate of drug-likeness (QED) is 0.870. The minimum Gasteiger partial charge on any atom is -0.480 e. The monoisotopic (exact) mass is 323 g/mol. The van der Waals surface area contributed by atoms with Gasteiger partial charge in [0.1, 0.15) is 6.54 Å². The van der Waals surface area contributed by atoms with E-state index in [-0.39, 0.29) is 12.6 Å². The lowest BCUT2D eigenvalue weighted by Gasteiger charge is -2.30. The summed E-state index contributed by atoms with van der Waals surface area (Å²) in [5.41, 5.74) is 1.62. The van der Waals surface area contributed by atoms with Crippen LogP contribution < -0.4 is 4.90 Å². The summed E-state index contributed by atoms with van der Waals surface area (Å²) in [5, 5.41) is 10.3. The largest absolute Gasteiger partial charge is 0.480 e. The normalized spacial score (nSPS) is 12.0. The molecule has 0 radical (unpaired) electrons. The van der Waals surface area contributed by atoms with Crippen LogP contribution >= 0.6 is 23.2 Å². The number of hydrogen-bond acceptors (Lipinski definition) is 2. The molecule has 1 atom stereocenters. The molecule has 21 heavy (non-hydrogen) atoms. The second-order valence-corrected chi connectivity index (χ2v) is 5.54. The molecular weight excluding hydrogens is 309 g/mol. The number of hydrogen-bond donors (Lipinski definition) is 1. The fourth-order valence-corrected chi connectivity index (χ4v) is 2.71. The predicted molar refractivity (Wildman–Crippen MR) is 86.3 cm³/mol. The second kappa shape index (κ2) is 6.83. The van der Waals surface area contributed by atoms with Crippen LogP contribution in [0.15, 0.2) is 48.5 Å². The van der Waals surface area contributed by atoms with E-state index in [0.717, 1.165) is 11.3 Å². The van der Waals surface area contributed by atoms with Gasteiger partial charge in [-0.25, -0.2) is 0 Å². The molecule has 0 saturated carbocycles. The second-order valence-electron chi connectivity index (χ2n) is 4.70. The Kier molecular flexibility index (Phi) is 5.10. The number of anilines is 1. The molecule has 0 heterocycles. The topological polar surface area (TPSA) is 40.5 Å². The van der Waals surface area contributed by atoms with Crippen molar-refractivity contribution < 1.29 is 9.90 Å². The average molecular weight is 324 g/mol. The Morgan fingerprint density at radius 2 is 1.90 bits per heavy atom. The highest BCUT2D eigenvalue weighted by atomic mass is 35.5. The summed E-state index contributed by atoms with van der Waals surface area (Å²) in [6, 6.07) is 14.4. The number of carbonyl (C=O) groups is 1. The fourth-order valence-electron chi connectivity index (χ4n) is 2.23. The Hall–Kier alpha value is -1.71. The number of rotatable bonds is 5. The predicted octanol–water partition coefficient (Wildman–Crippen LogP) is 4.65. The molecule has 0 aromatic heterocycles. The van der Waals surface area contributed by atoms with Crippen LogP contribution in [-0.4, -0.2) is 17.6 Å². The third kappa shape index (κ3) is 3.90. The van der Waals surface area contributed by atoms with Crippen LogP contribution in [0.1, 0.15) is 18.5 Å². The smallest absolute Gasteiger partial charge is 0.323 e. The molecule has 0 saturated heterocycles. The minimum atomic E-state index is -0.908. The van der Waals surface area contributed by atoms with Gasteiger partial charge < -0.3 is 10.0 Å². The molecule has 0 aliphatic rings. The first-order chi connectivity index (χ1) is 9.99. The van der Waals surface area contributed by atoms with Gasteiger partial charge in [-0.1, -0.05) is 47.5 Å². The van der Waals surface area contributed by atoms with Crippen LogP contribution in [0.4, 0.5) is 5.69 Å². The Labute approximate surface area is 133 Å². The number of aliphatic carboxylic acids is 1. The van der Waals surface area contributed by atoms with E-state index in [1.807, 2.05) is 31.2 Å². The van der Waals surface area contributed by atoms with Gasteiger partial charge in [-0.05, 0) is 36.8 Å². The van der Waals surface area contributed by atoms with Crippen LogP contribution in [0.2, 0.25) is 10.0 Å². The lowest BCUT2D eigenvalue weighted by molar-refractivity contribution is -0.135. The van der Waals surface area contributed by atoms with Gasteiger partial charge in [0.2, 0.25) is 0 Å². The van der Waals surface area contributed by atoms with Crippen molar-refractivity contribution in [1.82, 2.24) is 0 Å². The molecule has 2 aromatic carbocycles. The molecule has 0 fully saturated rings. The number of nitrogens with zero attached hydrogens (tertiary/aromatic N) is 1. The molecule has 0 aliphatic heterocycles. The summed E-state index contributed by atoms with van der Waals surface area (Å²) >= 11 is 12.2. The Morgan fingerprint density at radius 1 is 1.19 bits per heavy atom. The van der Waals surface area contributed by atoms with Crippen molar-refractivity contribution >= 4 is 34.9 Å². The van der Waals surface area contributed by atoms with E-state index in [0.29, 0.717) is 10.0 Å². The van der Waals surface area contributed by atoms with Crippen molar-refractivity contribution in [1.29, 1.82) is 0 Å². The zero-order valence-corrected chi connectivity index (χ0v) is 13.0. The maximum Gasteiger partial charge on any atom is 0.323 e. The van der Waals surface area contributed by atoms with Gasteiger partial charge in [0.25, 0.3) is 0 Å². The van der Waals surface area contributed by atoms with Gasteiger partial charge in [-0.2, -0.15) is 0 Å². The van der Waals surface area contributed by atoms with E-state index in [4.69, 9.17) is 23.2 Å². The molecule has 2 rings (SSSR count). The standard InChI is InChI=1S/C16H15Cl2NO2/c1-11(14-7-2-3-8-15(14)18)19(10-16(20)21)13-6-4-5-12(17)9-13/h2-9,11H,10H2,1H3,(H,20,21). The first-order valence-electron chi connectivity index (χ1n) is 6.47. The zero-order valence-electron chi connectivity index (χ0n) is 11.5. The van der Waals surface area contributed by atoms with Gasteiger partial charge in [0.05, 0.1) is 6.04 Å².